The van der Waals surface area contributed by atoms with Crippen molar-refractivity contribution in [3.8, 4) is 0 Å². The molecule has 0 aromatic heterocycles. The van der Waals surface area contributed by atoms with E-state index in [9.17, 15) is 0 Å². The number of allylic oxidation sites excluding steroid dienone is 3. The summed E-state index contributed by atoms with van der Waals surface area (Å²) in [5.41, 5.74) is 9.15. The van der Waals surface area contributed by atoms with Crippen LogP contribution >= 0.6 is 0 Å². The molecule has 2 aromatic rings. The van der Waals surface area contributed by atoms with Crippen LogP contribution in [0.1, 0.15) is 77.1 Å². The molecule has 0 radical (unpaired) electrons. The Kier molecular flexibility index (Phi) is 14.0. The van der Waals surface area contributed by atoms with Crippen LogP contribution in [0.15, 0.2) is 71.5 Å². The summed E-state index contributed by atoms with van der Waals surface area (Å²) in [7, 11) is 0. The van der Waals surface area contributed by atoms with Gasteiger partial charge in [-0.05, 0) is 75.0 Å². The average molecular weight is 393 g/mol. The molecule has 0 atom stereocenters. The molecular weight excluding hydrogens is 352 g/mol. The van der Waals surface area contributed by atoms with E-state index in [0.29, 0.717) is 0 Å². The zero-order valence-corrected chi connectivity index (χ0v) is 19.7. The molecule has 0 aliphatic heterocycles. The Bertz CT molecular complexity index is 785. The Morgan fingerprint density at radius 3 is 2.03 bits per heavy atom. The zero-order valence-electron chi connectivity index (χ0n) is 19.7. The average Bonchev–Trinajstić information content (AvgIpc) is 2.72. The second-order valence-electron chi connectivity index (χ2n) is 7.17. The Hall–Kier alpha value is -2.54. The Morgan fingerprint density at radius 2 is 1.52 bits per heavy atom. The van der Waals surface area contributed by atoms with Gasteiger partial charge in [0.15, 0.2) is 0 Å². The van der Waals surface area contributed by atoms with E-state index in [2.05, 4.69) is 65.0 Å². The first-order valence-corrected chi connectivity index (χ1v) is 10.7. The van der Waals surface area contributed by atoms with Gasteiger partial charge in [0.2, 0.25) is 0 Å². The summed E-state index contributed by atoms with van der Waals surface area (Å²) in [5, 5.41) is 8.41. The maximum Gasteiger partial charge on any atom is 0.0797 e. The van der Waals surface area contributed by atoms with Crippen LogP contribution in [0.3, 0.4) is 0 Å². The summed E-state index contributed by atoms with van der Waals surface area (Å²) in [6.45, 7) is 17.0. The third-order valence-corrected chi connectivity index (χ3v) is 4.56. The minimum absolute atomic E-state index is 1.02. The van der Waals surface area contributed by atoms with Crippen molar-refractivity contribution in [2.75, 3.05) is 0 Å². The molecule has 0 spiro atoms. The highest BCUT2D eigenvalue weighted by Gasteiger charge is 1.97. The van der Waals surface area contributed by atoms with Crippen LogP contribution in [-0.2, 0) is 6.42 Å². The standard InChI is InChI=1S/C17H24.C9H10O.C2H6/c1-6-8-16-9-7-10-17(12-16)11-14(4)15(5)13(2)3;1-8-2-4-9(5-3-8)6-7-10;1-2/h7,9-12H,6,8H2,1-5H3;2-7,10H,1H3;1-2H3/b14-11+;7-6-;. The lowest BCUT2D eigenvalue weighted by molar-refractivity contribution is 0.478. The van der Waals surface area contributed by atoms with Gasteiger partial charge in [0, 0.05) is 0 Å². The summed E-state index contributed by atoms with van der Waals surface area (Å²) in [6, 6.07) is 16.8. The lowest BCUT2D eigenvalue weighted by Gasteiger charge is -2.06. The van der Waals surface area contributed by atoms with Crippen molar-refractivity contribution >= 4 is 12.2 Å². The van der Waals surface area contributed by atoms with Gasteiger partial charge in [0.25, 0.3) is 0 Å². The molecule has 0 unspecified atom stereocenters. The largest absolute Gasteiger partial charge is 0.516 e. The first-order valence-electron chi connectivity index (χ1n) is 10.7. The Labute approximate surface area is 179 Å². The Balaban J connectivity index is 0.000000554. The molecule has 2 aromatic carbocycles. The van der Waals surface area contributed by atoms with Crippen molar-refractivity contribution in [2.45, 2.75) is 68.2 Å². The summed E-state index contributed by atoms with van der Waals surface area (Å²) < 4.78 is 0. The van der Waals surface area contributed by atoms with E-state index >= 15 is 0 Å². The molecule has 158 valence electrons. The van der Waals surface area contributed by atoms with Gasteiger partial charge in [-0.2, -0.15) is 0 Å². The van der Waals surface area contributed by atoms with E-state index in [0.717, 1.165) is 11.8 Å². The lowest BCUT2D eigenvalue weighted by Crippen LogP contribution is -1.86. The normalized spacial score (nSPS) is 10.6. The van der Waals surface area contributed by atoms with Crippen LogP contribution in [0, 0.1) is 6.92 Å². The smallest absolute Gasteiger partial charge is 0.0797 e. The zero-order chi connectivity index (χ0) is 22.2. The quantitative estimate of drug-likeness (QED) is 0.397. The second-order valence-corrected chi connectivity index (χ2v) is 7.17. The lowest BCUT2D eigenvalue weighted by atomic mass is 10.0. The van der Waals surface area contributed by atoms with Crippen molar-refractivity contribution < 1.29 is 5.11 Å². The fraction of sp³-hybridized carbons (Fsp3) is 0.357. The van der Waals surface area contributed by atoms with Crippen LogP contribution in [-0.4, -0.2) is 5.11 Å². The van der Waals surface area contributed by atoms with Gasteiger partial charge in [-0.25, -0.2) is 0 Å². The maximum atomic E-state index is 8.41. The summed E-state index contributed by atoms with van der Waals surface area (Å²) >= 11 is 0. The number of aliphatic hydroxyl groups is 1. The number of hydrogen-bond acceptors (Lipinski definition) is 1. The first-order chi connectivity index (χ1) is 13.9. The van der Waals surface area contributed by atoms with Gasteiger partial charge >= 0.3 is 0 Å². The molecule has 0 aliphatic carbocycles. The predicted molar refractivity (Wildman–Crippen MR) is 132 cm³/mol. The molecule has 29 heavy (non-hydrogen) atoms. The van der Waals surface area contributed by atoms with E-state index in [-0.39, 0.29) is 0 Å². The fourth-order valence-electron chi connectivity index (χ4n) is 2.64. The highest BCUT2D eigenvalue weighted by molar-refractivity contribution is 5.58. The van der Waals surface area contributed by atoms with Crippen LogP contribution in [0.5, 0.6) is 0 Å². The molecular formula is C28H40O. The van der Waals surface area contributed by atoms with Crippen molar-refractivity contribution in [1.82, 2.24) is 0 Å². The number of aliphatic hydroxyl groups excluding tert-OH is 1. The summed E-state index contributed by atoms with van der Waals surface area (Å²) in [6.07, 6.45) is 7.35. The molecule has 1 heteroatoms. The van der Waals surface area contributed by atoms with Crippen molar-refractivity contribution in [3.05, 3.63) is 93.8 Å². The number of benzene rings is 2. The fourth-order valence-corrected chi connectivity index (χ4v) is 2.64. The second kappa shape index (κ2) is 15.4. The number of rotatable bonds is 5. The molecule has 0 saturated heterocycles. The first kappa shape index (κ1) is 26.5. The van der Waals surface area contributed by atoms with Crippen LogP contribution in [0.2, 0.25) is 0 Å². The molecule has 0 amide bonds. The minimum Gasteiger partial charge on any atom is -0.516 e. The molecule has 1 nitrogen and oxygen atoms in total. The van der Waals surface area contributed by atoms with Crippen molar-refractivity contribution in [3.63, 3.8) is 0 Å². The minimum atomic E-state index is 1.02. The number of aryl methyl sites for hydroxylation is 2. The summed E-state index contributed by atoms with van der Waals surface area (Å²) in [4.78, 5) is 0. The third-order valence-electron chi connectivity index (χ3n) is 4.56. The highest BCUT2D eigenvalue weighted by atomic mass is 16.2. The van der Waals surface area contributed by atoms with E-state index < -0.39 is 0 Å². The summed E-state index contributed by atoms with van der Waals surface area (Å²) in [5.74, 6) is 0. The number of hydrogen-bond donors (Lipinski definition) is 1. The third kappa shape index (κ3) is 11.1. The van der Waals surface area contributed by atoms with Crippen molar-refractivity contribution in [1.29, 1.82) is 0 Å². The van der Waals surface area contributed by atoms with Crippen molar-refractivity contribution in [2.24, 2.45) is 0 Å². The van der Waals surface area contributed by atoms with E-state index in [1.807, 2.05) is 45.0 Å². The Morgan fingerprint density at radius 1 is 0.897 bits per heavy atom. The van der Waals surface area contributed by atoms with Gasteiger partial charge in [0.05, 0.1) is 6.26 Å². The molecule has 1 N–H and O–H groups in total. The SMILES string of the molecule is CC.CCCc1cccc(/C=C(\C)C(C)=C(C)C)c1.Cc1ccc(/C=C\O)cc1. The monoisotopic (exact) mass is 392 g/mol. The van der Waals surface area contributed by atoms with Gasteiger partial charge in [0.1, 0.15) is 0 Å². The topological polar surface area (TPSA) is 20.2 Å². The predicted octanol–water partition coefficient (Wildman–Crippen LogP) is 8.95. The van der Waals surface area contributed by atoms with Crippen LogP contribution in [0.25, 0.3) is 12.2 Å². The van der Waals surface area contributed by atoms with Gasteiger partial charge < -0.3 is 5.11 Å². The molecule has 0 aliphatic rings. The van der Waals surface area contributed by atoms with E-state index in [1.165, 1.54) is 46.3 Å². The van der Waals surface area contributed by atoms with E-state index in [1.54, 1.807) is 6.08 Å². The van der Waals surface area contributed by atoms with Gasteiger partial charge in [-0.3, -0.25) is 0 Å². The molecule has 0 fully saturated rings. The van der Waals surface area contributed by atoms with E-state index in [4.69, 9.17) is 5.11 Å². The molecule has 0 bridgehead atoms. The van der Waals surface area contributed by atoms with Gasteiger partial charge in [-0.1, -0.05) is 92.9 Å². The highest BCUT2D eigenvalue weighted by Crippen LogP contribution is 2.18. The molecule has 0 heterocycles. The van der Waals surface area contributed by atoms with Crippen LogP contribution < -0.4 is 0 Å². The van der Waals surface area contributed by atoms with Crippen LogP contribution in [0.4, 0.5) is 0 Å². The van der Waals surface area contributed by atoms with Gasteiger partial charge in [-0.15, -0.1) is 0 Å². The molecule has 0 saturated carbocycles. The maximum absolute atomic E-state index is 8.41. The molecule has 2 rings (SSSR count).